The topological polar surface area (TPSA) is 63.1 Å². The van der Waals surface area contributed by atoms with Crippen LogP contribution in [0.15, 0.2) is 17.5 Å². The molecule has 0 atom stereocenters. The van der Waals surface area contributed by atoms with Crippen molar-refractivity contribution in [3.8, 4) is 11.3 Å². The predicted molar refractivity (Wildman–Crippen MR) is 61.8 cm³/mol. The van der Waals surface area contributed by atoms with Crippen molar-refractivity contribution in [2.24, 2.45) is 0 Å². The van der Waals surface area contributed by atoms with Crippen LogP contribution >= 0.6 is 11.3 Å². The van der Waals surface area contributed by atoms with Gasteiger partial charge in [0.25, 0.3) is 0 Å². The maximum absolute atomic E-state index is 11.1. The van der Waals surface area contributed by atoms with Gasteiger partial charge in [-0.05, 0) is 26.0 Å². The van der Waals surface area contributed by atoms with Gasteiger partial charge in [0.2, 0.25) is 0 Å². The van der Waals surface area contributed by atoms with E-state index in [9.17, 15) is 4.79 Å². The second-order valence-electron chi connectivity index (χ2n) is 3.41. The molecule has 1 N–H and O–H groups in total. The van der Waals surface area contributed by atoms with E-state index >= 15 is 0 Å². The summed E-state index contributed by atoms with van der Waals surface area (Å²) < 4.78 is 0. The zero-order valence-electron chi connectivity index (χ0n) is 8.89. The number of hydrogen-bond donors (Lipinski definition) is 1. The summed E-state index contributed by atoms with van der Waals surface area (Å²) in [7, 11) is 0. The minimum atomic E-state index is -1.02. The first-order valence-corrected chi connectivity index (χ1v) is 5.59. The smallest absolute Gasteiger partial charge is 0.355 e. The molecule has 0 unspecified atom stereocenters. The van der Waals surface area contributed by atoms with E-state index in [4.69, 9.17) is 5.11 Å². The minimum absolute atomic E-state index is 0.0605. The number of hydrogen-bond acceptors (Lipinski definition) is 4. The fourth-order valence-corrected chi connectivity index (χ4v) is 2.03. The van der Waals surface area contributed by atoms with Crippen LogP contribution < -0.4 is 0 Å². The summed E-state index contributed by atoms with van der Waals surface area (Å²) in [6.07, 6.45) is 0. The van der Waals surface area contributed by atoms with Crippen LogP contribution in [0.3, 0.4) is 0 Å². The van der Waals surface area contributed by atoms with E-state index in [2.05, 4.69) is 9.97 Å². The molecule has 2 aromatic rings. The van der Waals surface area contributed by atoms with E-state index in [0.717, 1.165) is 5.01 Å². The molecule has 0 amide bonds. The molecule has 0 saturated heterocycles. The van der Waals surface area contributed by atoms with Gasteiger partial charge in [-0.15, -0.1) is 11.3 Å². The SMILES string of the molecule is Cc1ccc(-c2csc(C)n2)c(C(=O)O)n1. The van der Waals surface area contributed by atoms with Crippen LogP contribution in [0.5, 0.6) is 0 Å². The summed E-state index contributed by atoms with van der Waals surface area (Å²) in [6.45, 7) is 3.65. The molecule has 16 heavy (non-hydrogen) atoms. The second-order valence-corrected chi connectivity index (χ2v) is 4.47. The second kappa shape index (κ2) is 4.02. The molecule has 2 heterocycles. The summed E-state index contributed by atoms with van der Waals surface area (Å²) in [5, 5.41) is 11.8. The van der Waals surface area contributed by atoms with Crippen LogP contribution in [-0.2, 0) is 0 Å². The largest absolute Gasteiger partial charge is 0.476 e. The lowest BCUT2D eigenvalue weighted by Crippen LogP contribution is -2.04. The molecule has 0 radical (unpaired) electrons. The summed E-state index contributed by atoms with van der Waals surface area (Å²) in [5.74, 6) is -1.02. The molecule has 0 spiro atoms. The fourth-order valence-electron chi connectivity index (χ4n) is 1.41. The van der Waals surface area contributed by atoms with Gasteiger partial charge in [-0.25, -0.2) is 14.8 Å². The summed E-state index contributed by atoms with van der Waals surface area (Å²) in [4.78, 5) is 19.4. The van der Waals surface area contributed by atoms with Gasteiger partial charge < -0.3 is 5.11 Å². The molecule has 0 aliphatic heterocycles. The Balaban J connectivity index is 2.60. The van der Waals surface area contributed by atoms with Gasteiger partial charge in [0.15, 0.2) is 5.69 Å². The molecule has 0 fully saturated rings. The number of nitrogens with zero attached hydrogens (tertiary/aromatic N) is 2. The summed E-state index contributed by atoms with van der Waals surface area (Å²) in [6, 6.07) is 3.54. The molecule has 5 heteroatoms. The van der Waals surface area contributed by atoms with E-state index in [1.165, 1.54) is 11.3 Å². The number of aryl methyl sites for hydroxylation is 2. The van der Waals surface area contributed by atoms with Crippen molar-refractivity contribution in [3.63, 3.8) is 0 Å². The zero-order chi connectivity index (χ0) is 11.7. The number of carbonyl (C=O) groups is 1. The lowest BCUT2D eigenvalue weighted by atomic mass is 10.1. The third kappa shape index (κ3) is 1.94. The van der Waals surface area contributed by atoms with E-state index in [1.54, 1.807) is 19.1 Å². The average molecular weight is 234 g/mol. The number of aromatic carboxylic acids is 1. The molecule has 0 aliphatic carbocycles. The fraction of sp³-hybridized carbons (Fsp3) is 0.182. The number of pyridine rings is 1. The van der Waals surface area contributed by atoms with Crippen molar-refractivity contribution < 1.29 is 9.90 Å². The quantitative estimate of drug-likeness (QED) is 0.867. The van der Waals surface area contributed by atoms with Crippen molar-refractivity contribution in [2.75, 3.05) is 0 Å². The molecule has 0 bridgehead atoms. The molecule has 4 nitrogen and oxygen atoms in total. The average Bonchev–Trinajstić information content (AvgIpc) is 2.64. The molecular formula is C11H10N2O2S. The van der Waals surface area contributed by atoms with Gasteiger partial charge in [-0.3, -0.25) is 0 Å². The van der Waals surface area contributed by atoms with E-state index in [1.807, 2.05) is 12.3 Å². The van der Waals surface area contributed by atoms with Crippen LogP contribution in [0.4, 0.5) is 0 Å². The van der Waals surface area contributed by atoms with Crippen LogP contribution in [0.1, 0.15) is 21.2 Å². The highest BCUT2D eigenvalue weighted by atomic mass is 32.1. The monoisotopic (exact) mass is 234 g/mol. The lowest BCUT2D eigenvalue weighted by molar-refractivity contribution is 0.0691. The Labute approximate surface area is 96.6 Å². The third-order valence-corrected chi connectivity index (χ3v) is 2.91. The van der Waals surface area contributed by atoms with Gasteiger partial charge >= 0.3 is 5.97 Å². The van der Waals surface area contributed by atoms with Crippen molar-refractivity contribution in [1.82, 2.24) is 9.97 Å². The van der Waals surface area contributed by atoms with Crippen LogP contribution in [-0.4, -0.2) is 21.0 Å². The maximum Gasteiger partial charge on any atom is 0.355 e. The highest BCUT2D eigenvalue weighted by Crippen LogP contribution is 2.24. The van der Waals surface area contributed by atoms with Gasteiger partial charge in [0, 0.05) is 16.6 Å². The number of carboxylic acids is 1. The maximum atomic E-state index is 11.1. The van der Waals surface area contributed by atoms with Gasteiger partial charge in [-0.2, -0.15) is 0 Å². The molecule has 2 aromatic heterocycles. The number of carboxylic acid groups (broad SMARTS) is 1. The Kier molecular flexibility index (Phi) is 2.70. The Morgan fingerprint density at radius 3 is 2.62 bits per heavy atom. The number of thiazole rings is 1. The normalized spacial score (nSPS) is 10.4. The number of rotatable bonds is 2. The van der Waals surface area contributed by atoms with Crippen molar-refractivity contribution in [2.45, 2.75) is 13.8 Å². The molecule has 2 rings (SSSR count). The predicted octanol–water partition coefficient (Wildman–Crippen LogP) is 2.52. The van der Waals surface area contributed by atoms with E-state index < -0.39 is 5.97 Å². The summed E-state index contributed by atoms with van der Waals surface area (Å²) >= 11 is 1.49. The first-order valence-electron chi connectivity index (χ1n) is 4.71. The molecule has 0 aromatic carbocycles. The highest BCUT2D eigenvalue weighted by Gasteiger charge is 2.15. The molecule has 0 aliphatic rings. The van der Waals surface area contributed by atoms with Gasteiger partial charge in [0.1, 0.15) is 0 Å². The standard InChI is InChI=1S/C11H10N2O2S/c1-6-3-4-8(10(12-6)11(14)15)9-5-16-7(2)13-9/h3-5H,1-2H3,(H,14,15). The minimum Gasteiger partial charge on any atom is -0.476 e. The van der Waals surface area contributed by atoms with Crippen molar-refractivity contribution in [1.29, 1.82) is 0 Å². The Bertz CT molecular complexity index is 549. The molecule has 82 valence electrons. The van der Waals surface area contributed by atoms with Crippen LogP contribution in [0.25, 0.3) is 11.3 Å². The van der Waals surface area contributed by atoms with Crippen LogP contribution in [0.2, 0.25) is 0 Å². The molecular weight excluding hydrogens is 224 g/mol. The van der Waals surface area contributed by atoms with Gasteiger partial charge in [-0.1, -0.05) is 0 Å². The zero-order valence-corrected chi connectivity index (χ0v) is 9.71. The van der Waals surface area contributed by atoms with Crippen molar-refractivity contribution >= 4 is 17.3 Å². The summed E-state index contributed by atoms with van der Waals surface area (Å²) in [5.41, 5.74) is 1.99. The number of aromatic nitrogens is 2. The van der Waals surface area contributed by atoms with E-state index in [0.29, 0.717) is 17.0 Å². The Hall–Kier alpha value is -1.75. The Morgan fingerprint density at radius 1 is 1.31 bits per heavy atom. The third-order valence-electron chi connectivity index (χ3n) is 2.13. The first kappa shape index (κ1) is 10.8. The van der Waals surface area contributed by atoms with Gasteiger partial charge in [0.05, 0.1) is 10.7 Å². The Morgan fingerprint density at radius 2 is 2.06 bits per heavy atom. The van der Waals surface area contributed by atoms with Crippen molar-refractivity contribution in [3.05, 3.63) is 33.9 Å². The first-order chi connectivity index (χ1) is 7.58. The molecule has 0 saturated carbocycles. The van der Waals surface area contributed by atoms with Crippen LogP contribution in [0, 0.1) is 13.8 Å². The highest BCUT2D eigenvalue weighted by molar-refractivity contribution is 7.09. The van der Waals surface area contributed by atoms with E-state index in [-0.39, 0.29) is 5.69 Å². The lowest BCUT2D eigenvalue weighted by Gasteiger charge is -2.03.